The van der Waals surface area contributed by atoms with Gasteiger partial charge in [0.05, 0.1) is 0 Å². The number of benzene rings is 2. The zero-order chi connectivity index (χ0) is 15.7. The Bertz CT molecular complexity index is 780. The fraction of sp³-hybridized carbons (Fsp3) is 0.111. The van der Waals surface area contributed by atoms with Gasteiger partial charge in [-0.05, 0) is 30.7 Å². The van der Waals surface area contributed by atoms with Crippen LogP contribution >= 0.6 is 0 Å². The van der Waals surface area contributed by atoms with E-state index in [0.717, 1.165) is 11.6 Å². The van der Waals surface area contributed by atoms with Gasteiger partial charge in [-0.3, -0.25) is 9.59 Å². The number of halogens is 1. The first-order chi connectivity index (χ1) is 10.5. The Morgan fingerprint density at radius 1 is 1.05 bits per heavy atom. The highest BCUT2D eigenvalue weighted by atomic mass is 19.1. The third-order valence-corrected chi connectivity index (χ3v) is 3.71. The Balaban J connectivity index is 1.98. The standard InChI is InChI=1S/C18H14FNO2/c1-12-6-9-14(10-7-12)20-17(22)18(19)15-5-3-2-4-13(15)8-11-16(18)21/h2-11H,1H3,(H,20,22)/t18-/m0/s1. The topological polar surface area (TPSA) is 46.2 Å². The van der Waals surface area contributed by atoms with Crippen LogP contribution in [0, 0.1) is 6.92 Å². The molecule has 0 bridgehead atoms. The number of nitrogens with one attached hydrogen (secondary N) is 1. The predicted molar refractivity (Wildman–Crippen MR) is 83.1 cm³/mol. The highest BCUT2D eigenvalue weighted by molar-refractivity contribution is 6.21. The molecule has 0 spiro atoms. The summed E-state index contributed by atoms with van der Waals surface area (Å²) in [5.41, 5.74) is -0.617. The lowest BCUT2D eigenvalue weighted by Gasteiger charge is -2.26. The average Bonchev–Trinajstić information content (AvgIpc) is 2.53. The fourth-order valence-corrected chi connectivity index (χ4v) is 2.46. The zero-order valence-electron chi connectivity index (χ0n) is 12.0. The summed E-state index contributed by atoms with van der Waals surface area (Å²) in [6.45, 7) is 1.91. The summed E-state index contributed by atoms with van der Waals surface area (Å²) in [7, 11) is 0. The second kappa shape index (κ2) is 5.22. The van der Waals surface area contributed by atoms with Crippen LogP contribution in [0.5, 0.6) is 0 Å². The summed E-state index contributed by atoms with van der Waals surface area (Å²) in [6.07, 6.45) is 2.63. The molecular weight excluding hydrogens is 281 g/mol. The molecule has 3 rings (SSSR count). The smallest absolute Gasteiger partial charge is 0.275 e. The molecule has 0 aromatic heterocycles. The second-order valence-corrected chi connectivity index (χ2v) is 5.26. The Hall–Kier alpha value is -2.75. The molecule has 0 saturated heterocycles. The van der Waals surface area contributed by atoms with Crippen molar-refractivity contribution in [2.75, 3.05) is 5.32 Å². The molecule has 2 aromatic carbocycles. The van der Waals surface area contributed by atoms with E-state index in [-0.39, 0.29) is 5.56 Å². The van der Waals surface area contributed by atoms with Gasteiger partial charge in [-0.25, -0.2) is 4.39 Å². The van der Waals surface area contributed by atoms with E-state index in [9.17, 15) is 9.59 Å². The highest BCUT2D eigenvalue weighted by Crippen LogP contribution is 2.36. The molecule has 4 heteroatoms. The number of rotatable bonds is 2. The van der Waals surface area contributed by atoms with Gasteiger partial charge in [0.25, 0.3) is 11.6 Å². The monoisotopic (exact) mass is 295 g/mol. The number of carbonyl (C=O) groups excluding carboxylic acids is 2. The lowest BCUT2D eigenvalue weighted by atomic mass is 9.82. The van der Waals surface area contributed by atoms with Crippen LogP contribution in [-0.4, -0.2) is 11.7 Å². The van der Waals surface area contributed by atoms with Gasteiger partial charge in [-0.1, -0.05) is 48.0 Å². The summed E-state index contributed by atoms with van der Waals surface area (Å²) >= 11 is 0. The average molecular weight is 295 g/mol. The lowest BCUT2D eigenvalue weighted by molar-refractivity contribution is -0.139. The SMILES string of the molecule is Cc1ccc(NC(=O)[C@@]2(F)C(=O)C=Cc3ccccc32)cc1. The normalized spacial score (nSPS) is 19.6. The van der Waals surface area contributed by atoms with E-state index in [1.807, 2.05) is 6.92 Å². The van der Waals surface area contributed by atoms with E-state index < -0.39 is 17.4 Å². The Morgan fingerprint density at radius 3 is 2.45 bits per heavy atom. The number of fused-ring (bicyclic) bond motifs is 1. The molecule has 0 unspecified atom stereocenters. The maximum Gasteiger partial charge on any atom is 0.275 e. The third kappa shape index (κ3) is 2.22. The summed E-state index contributed by atoms with van der Waals surface area (Å²) in [4.78, 5) is 24.4. The molecule has 22 heavy (non-hydrogen) atoms. The maximum absolute atomic E-state index is 15.3. The van der Waals surface area contributed by atoms with E-state index in [1.165, 1.54) is 12.1 Å². The van der Waals surface area contributed by atoms with Gasteiger partial charge in [0, 0.05) is 11.3 Å². The zero-order valence-corrected chi connectivity index (χ0v) is 12.0. The highest BCUT2D eigenvalue weighted by Gasteiger charge is 2.49. The van der Waals surface area contributed by atoms with Crippen LogP contribution in [-0.2, 0) is 15.3 Å². The van der Waals surface area contributed by atoms with Crippen molar-refractivity contribution in [1.82, 2.24) is 0 Å². The number of allylic oxidation sites excluding steroid dienone is 1. The minimum Gasteiger partial charge on any atom is -0.323 e. The van der Waals surface area contributed by atoms with E-state index in [2.05, 4.69) is 5.32 Å². The van der Waals surface area contributed by atoms with Crippen LogP contribution in [0.3, 0.4) is 0 Å². The molecule has 0 aliphatic heterocycles. The summed E-state index contributed by atoms with van der Waals surface area (Å²) in [6, 6.07) is 13.4. The first kappa shape index (κ1) is 14.2. The van der Waals surface area contributed by atoms with Crippen LogP contribution in [0.15, 0.2) is 54.6 Å². The van der Waals surface area contributed by atoms with Crippen LogP contribution in [0.4, 0.5) is 10.1 Å². The number of anilines is 1. The number of hydrogen-bond donors (Lipinski definition) is 1. The van der Waals surface area contributed by atoms with Crippen LogP contribution in [0.25, 0.3) is 6.08 Å². The molecule has 1 amide bonds. The van der Waals surface area contributed by atoms with Gasteiger partial charge >= 0.3 is 0 Å². The lowest BCUT2D eigenvalue weighted by Crippen LogP contribution is -2.44. The van der Waals surface area contributed by atoms with Crippen molar-refractivity contribution in [2.24, 2.45) is 0 Å². The Morgan fingerprint density at radius 2 is 1.73 bits per heavy atom. The molecule has 2 aromatic rings. The fourth-order valence-electron chi connectivity index (χ4n) is 2.46. The molecule has 0 saturated carbocycles. The van der Waals surface area contributed by atoms with Gasteiger partial charge in [0.1, 0.15) is 0 Å². The Kier molecular flexibility index (Phi) is 3.37. The number of carbonyl (C=O) groups is 2. The van der Waals surface area contributed by atoms with E-state index in [1.54, 1.807) is 42.5 Å². The van der Waals surface area contributed by atoms with Crippen LogP contribution in [0.2, 0.25) is 0 Å². The summed E-state index contributed by atoms with van der Waals surface area (Å²) in [5.74, 6) is -1.84. The van der Waals surface area contributed by atoms with Gasteiger partial charge in [-0.15, -0.1) is 0 Å². The van der Waals surface area contributed by atoms with Crippen LogP contribution in [0.1, 0.15) is 16.7 Å². The van der Waals surface area contributed by atoms with Gasteiger partial charge < -0.3 is 5.32 Å². The first-order valence-corrected chi connectivity index (χ1v) is 6.91. The second-order valence-electron chi connectivity index (χ2n) is 5.26. The Labute approximate surface area is 127 Å². The number of amides is 1. The molecule has 110 valence electrons. The van der Waals surface area contributed by atoms with Crippen molar-refractivity contribution < 1.29 is 14.0 Å². The van der Waals surface area contributed by atoms with Crippen molar-refractivity contribution in [3.8, 4) is 0 Å². The molecule has 0 radical (unpaired) electrons. The quantitative estimate of drug-likeness (QED) is 0.863. The molecule has 1 atom stereocenters. The van der Waals surface area contributed by atoms with E-state index in [0.29, 0.717) is 11.3 Å². The van der Waals surface area contributed by atoms with Gasteiger partial charge in [0.2, 0.25) is 5.78 Å². The van der Waals surface area contributed by atoms with Crippen molar-refractivity contribution in [3.63, 3.8) is 0 Å². The first-order valence-electron chi connectivity index (χ1n) is 6.91. The minimum atomic E-state index is -2.70. The number of aryl methyl sites for hydroxylation is 1. The molecule has 3 nitrogen and oxygen atoms in total. The van der Waals surface area contributed by atoms with Gasteiger partial charge in [0.15, 0.2) is 0 Å². The molecular formula is C18H14FNO2. The van der Waals surface area contributed by atoms with Gasteiger partial charge in [-0.2, -0.15) is 0 Å². The third-order valence-electron chi connectivity index (χ3n) is 3.71. The molecule has 1 N–H and O–H groups in total. The maximum atomic E-state index is 15.3. The summed E-state index contributed by atoms with van der Waals surface area (Å²) < 4.78 is 15.3. The van der Waals surface area contributed by atoms with Crippen molar-refractivity contribution in [3.05, 3.63) is 71.3 Å². The molecule has 1 aliphatic carbocycles. The van der Waals surface area contributed by atoms with E-state index in [4.69, 9.17) is 0 Å². The van der Waals surface area contributed by atoms with Crippen LogP contribution < -0.4 is 5.32 Å². The van der Waals surface area contributed by atoms with Crippen molar-refractivity contribution in [1.29, 1.82) is 0 Å². The minimum absolute atomic E-state index is 0.0760. The van der Waals surface area contributed by atoms with Crippen molar-refractivity contribution in [2.45, 2.75) is 12.6 Å². The van der Waals surface area contributed by atoms with Crippen molar-refractivity contribution >= 4 is 23.5 Å². The summed E-state index contributed by atoms with van der Waals surface area (Å²) in [5, 5.41) is 2.48. The molecule has 0 heterocycles. The predicted octanol–water partition coefficient (Wildman–Crippen LogP) is 3.39. The number of hydrogen-bond acceptors (Lipinski definition) is 2. The number of ketones is 1. The molecule has 1 aliphatic rings. The van der Waals surface area contributed by atoms with E-state index >= 15 is 4.39 Å². The number of alkyl halides is 1. The largest absolute Gasteiger partial charge is 0.323 e. The molecule has 0 fully saturated rings.